The second-order valence-corrected chi connectivity index (χ2v) is 6.81. The topological polar surface area (TPSA) is 73.1 Å². The molecule has 0 fully saturated rings. The average molecular weight is 386 g/mol. The first-order valence-corrected chi connectivity index (χ1v) is 7.93. The van der Waals surface area contributed by atoms with Crippen molar-refractivity contribution in [3.05, 3.63) is 38.6 Å². The van der Waals surface area contributed by atoms with Gasteiger partial charge in [0, 0.05) is 9.35 Å². The highest BCUT2D eigenvalue weighted by molar-refractivity contribution is 9.10. The number of benzene rings is 1. The van der Waals surface area contributed by atoms with E-state index >= 15 is 0 Å². The van der Waals surface area contributed by atoms with Gasteiger partial charge in [-0.1, -0.05) is 27.5 Å². The Labute approximate surface area is 138 Å². The summed E-state index contributed by atoms with van der Waals surface area (Å²) in [7, 11) is 0. The van der Waals surface area contributed by atoms with Crippen LogP contribution in [0.4, 0.5) is 5.95 Å². The van der Waals surface area contributed by atoms with E-state index in [1.165, 1.54) is 0 Å². The first-order chi connectivity index (χ1) is 10.1. The largest absolute Gasteiger partial charge is 0.437 e. The van der Waals surface area contributed by atoms with Crippen molar-refractivity contribution in [2.24, 2.45) is 5.84 Å². The third-order valence-electron chi connectivity index (χ3n) is 2.71. The summed E-state index contributed by atoms with van der Waals surface area (Å²) in [6.45, 7) is 2.00. The van der Waals surface area contributed by atoms with Crippen molar-refractivity contribution in [3.63, 3.8) is 0 Å². The van der Waals surface area contributed by atoms with Crippen molar-refractivity contribution in [3.8, 4) is 11.6 Å². The number of hydrazine groups is 1. The maximum Gasteiger partial charge on any atom is 0.241 e. The monoisotopic (exact) mass is 384 g/mol. The number of rotatable bonds is 3. The van der Waals surface area contributed by atoms with Crippen LogP contribution in [0.25, 0.3) is 10.2 Å². The number of halogens is 2. The summed E-state index contributed by atoms with van der Waals surface area (Å²) < 4.78 is 6.72. The highest BCUT2D eigenvalue weighted by Gasteiger charge is 2.14. The van der Waals surface area contributed by atoms with Gasteiger partial charge < -0.3 is 4.74 Å². The number of hydrogen-bond donors (Lipinski definition) is 2. The molecular weight excluding hydrogens is 376 g/mol. The number of fused-ring (bicyclic) bond motifs is 1. The molecule has 0 radical (unpaired) electrons. The van der Waals surface area contributed by atoms with Crippen LogP contribution in [0.15, 0.2) is 28.7 Å². The van der Waals surface area contributed by atoms with Gasteiger partial charge in [-0.05, 0) is 31.2 Å². The smallest absolute Gasteiger partial charge is 0.241 e. The number of nitrogens with two attached hydrogens (primary N) is 1. The van der Waals surface area contributed by atoms with Crippen LogP contribution in [0, 0.1) is 6.92 Å². The summed E-state index contributed by atoms with van der Waals surface area (Å²) in [5.41, 5.74) is 2.44. The third kappa shape index (κ3) is 2.96. The molecule has 0 amide bonds. The number of aromatic nitrogens is 2. The van der Waals surface area contributed by atoms with Gasteiger partial charge in [0.15, 0.2) is 0 Å². The zero-order chi connectivity index (χ0) is 15.0. The SMILES string of the molecule is Cc1cc2c(Oc3cc(Br)ccc3Cl)nc(NN)nc2s1. The molecule has 0 aliphatic carbocycles. The summed E-state index contributed by atoms with van der Waals surface area (Å²) in [6, 6.07) is 7.35. The molecule has 3 rings (SSSR count). The van der Waals surface area contributed by atoms with Crippen molar-refractivity contribution in [2.45, 2.75) is 6.92 Å². The van der Waals surface area contributed by atoms with Gasteiger partial charge in [-0.2, -0.15) is 4.98 Å². The van der Waals surface area contributed by atoms with Gasteiger partial charge in [-0.15, -0.1) is 11.3 Å². The van der Waals surface area contributed by atoms with Gasteiger partial charge in [-0.3, -0.25) is 5.43 Å². The zero-order valence-corrected chi connectivity index (χ0v) is 14.0. The standard InChI is InChI=1S/C13H10BrClN4OS/c1-6-4-8-11(17-13(19-16)18-12(8)21-6)20-10-5-7(14)2-3-9(10)15/h2-5H,16H2,1H3,(H,17,18,19). The number of nitrogens with zero attached hydrogens (tertiary/aromatic N) is 2. The highest BCUT2D eigenvalue weighted by Crippen LogP contribution is 2.36. The molecule has 2 heterocycles. The van der Waals surface area contributed by atoms with Gasteiger partial charge in [-0.25, -0.2) is 10.8 Å². The Morgan fingerprint density at radius 2 is 2.14 bits per heavy atom. The van der Waals surface area contributed by atoms with Crippen LogP contribution in [-0.4, -0.2) is 9.97 Å². The maximum atomic E-state index is 6.15. The van der Waals surface area contributed by atoms with Crippen LogP contribution in [0.2, 0.25) is 5.02 Å². The normalized spacial score (nSPS) is 10.9. The molecule has 2 aromatic heterocycles. The van der Waals surface area contributed by atoms with E-state index in [2.05, 4.69) is 31.3 Å². The van der Waals surface area contributed by atoms with Crippen LogP contribution >= 0.6 is 38.9 Å². The van der Waals surface area contributed by atoms with E-state index in [0.29, 0.717) is 22.6 Å². The Hall–Kier alpha value is -1.41. The predicted octanol–water partition coefficient (Wildman–Crippen LogP) is 4.49. The third-order valence-corrected chi connectivity index (χ3v) is 4.46. The lowest BCUT2D eigenvalue weighted by molar-refractivity contribution is 0.469. The number of nitrogen functional groups attached to an aromatic ring is 1. The second-order valence-electron chi connectivity index (χ2n) is 4.25. The molecule has 21 heavy (non-hydrogen) atoms. The fourth-order valence-electron chi connectivity index (χ4n) is 1.82. The van der Waals surface area contributed by atoms with Gasteiger partial charge in [0.25, 0.3) is 0 Å². The lowest BCUT2D eigenvalue weighted by Crippen LogP contribution is -2.10. The molecule has 0 saturated heterocycles. The van der Waals surface area contributed by atoms with Crippen molar-refractivity contribution >= 4 is 55.0 Å². The summed E-state index contributed by atoms with van der Waals surface area (Å²) in [5.74, 6) is 6.63. The number of ether oxygens (including phenoxy) is 1. The molecule has 3 N–H and O–H groups in total. The lowest BCUT2D eigenvalue weighted by Gasteiger charge is -2.09. The zero-order valence-electron chi connectivity index (χ0n) is 10.9. The van der Waals surface area contributed by atoms with Crippen LogP contribution in [0.1, 0.15) is 4.88 Å². The highest BCUT2D eigenvalue weighted by atomic mass is 79.9. The van der Waals surface area contributed by atoms with Gasteiger partial charge >= 0.3 is 0 Å². The van der Waals surface area contributed by atoms with E-state index in [-0.39, 0.29) is 0 Å². The first kappa shape index (κ1) is 14.5. The Morgan fingerprint density at radius 3 is 2.90 bits per heavy atom. The Bertz CT molecular complexity index is 823. The fourth-order valence-corrected chi connectivity index (χ4v) is 3.18. The maximum absolute atomic E-state index is 6.15. The molecule has 5 nitrogen and oxygen atoms in total. The number of nitrogens with one attached hydrogen (secondary N) is 1. The van der Waals surface area contributed by atoms with E-state index in [0.717, 1.165) is 19.6 Å². The number of aryl methyl sites for hydroxylation is 1. The molecule has 0 spiro atoms. The lowest BCUT2D eigenvalue weighted by atomic mass is 10.3. The summed E-state index contributed by atoms with van der Waals surface area (Å²) in [5, 5.41) is 1.33. The Balaban J connectivity index is 2.12. The molecule has 3 aromatic rings. The van der Waals surface area contributed by atoms with E-state index in [1.54, 1.807) is 23.5 Å². The Kier molecular flexibility index (Phi) is 3.99. The van der Waals surface area contributed by atoms with E-state index in [9.17, 15) is 0 Å². The molecule has 0 bridgehead atoms. The van der Waals surface area contributed by atoms with Crippen molar-refractivity contribution in [1.82, 2.24) is 9.97 Å². The number of anilines is 1. The van der Waals surface area contributed by atoms with Crippen LogP contribution in [-0.2, 0) is 0 Å². The fraction of sp³-hybridized carbons (Fsp3) is 0.0769. The predicted molar refractivity (Wildman–Crippen MR) is 89.2 cm³/mol. The van der Waals surface area contributed by atoms with E-state index in [1.807, 2.05) is 19.1 Å². The minimum Gasteiger partial charge on any atom is -0.437 e. The Morgan fingerprint density at radius 1 is 1.33 bits per heavy atom. The van der Waals surface area contributed by atoms with Gasteiger partial charge in [0.2, 0.25) is 11.8 Å². The van der Waals surface area contributed by atoms with E-state index in [4.69, 9.17) is 22.2 Å². The molecule has 0 unspecified atom stereocenters. The molecular formula is C13H10BrClN4OS. The minimum absolute atomic E-state index is 0.297. The minimum atomic E-state index is 0.297. The van der Waals surface area contributed by atoms with Gasteiger partial charge in [0.1, 0.15) is 10.6 Å². The van der Waals surface area contributed by atoms with E-state index < -0.39 is 0 Å². The van der Waals surface area contributed by atoms with Crippen LogP contribution < -0.4 is 16.0 Å². The molecule has 0 atom stereocenters. The van der Waals surface area contributed by atoms with Crippen LogP contribution in [0.3, 0.4) is 0 Å². The van der Waals surface area contributed by atoms with Gasteiger partial charge in [0.05, 0.1) is 10.4 Å². The molecule has 108 valence electrons. The average Bonchev–Trinajstić information content (AvgIpc) is 2.83. The second kappa shape index (κ2) is 5.76. The molecule has 0 aliphatic rings. The molecule has 8 heteroatoms. The summed E-state index contributed by atoms with van der Waals surface area (Å²) in [4.78, 5) is 10.5. The molecule has 0 saturated carbocycles. The van der Waals surface area contributed by atoms with Crippen LogP contribution in [0.5, 0.6) is 11.6 Å². The first-order valence-electron chi connectivity index (χ1n) is 5.94. The number of hydrogen-bond acceptors (Lipinski definition) is 6. The summed E-state index contributed by atoms with van der Waals surface area (Å²) in [6.07, 6.45) is 0. The molecule has 0 aliphatic heterocycles. The quantitative estimate of drug-likeness (QED) is 0.513. The van der Waals surface area contributed by atoms with Crippen molar-refractivity contribution in [2.75, 3.05) is 5.43 Å². The molecule has 1 aromatic carbocycles. The van der Waals surface area contributed by atoms with Crippen molar-refractivity contribution < 1.29 is 4.74 Å². The number of thiophene rings is 1. The van der Waals surface area contributed by atoms with Crippen molar-refractivity contribution in [1.29, 1.82) is 0 Å². The summed E-state index contributed by atoms with van der Waals surface area (Å²) >= 11 is 11.1.